The predicted octanol–water partition coefficient (Wildman–Crippen LogP) is 4.71. The normalized spacial score (nSPS) is 18.2. The van der Waals surface area contributed by atoms with E-state index < -0.39 is 11.7 Å². The second-order valence-electron chi connectivity index (χ2n) is 6.61. The van der Waals surface area contributed by atoms with Crippen LogP contribution in [0.3, 0.4) is 0 Å². The van der Waals surface area contributed by atoms with E-state index in [0.29, 0.717) is 12.1 Å². The molecule has 24 heavy (non-hydrogen) atoms. The summed E-state index contributed by atoms with van der Waals surface area (Å²) in [6, 6.07) is 4.50. The topological polar surface area (TPSA) is 21.1 Å². The highest BCUT2D eigenvalue weighted by Gasteiger charge is 2.34. The van der Waals surface area contributed by atoms with Gasteiger partial charge in [0.15, 0.2) is 0 Å². The first-order valence-corrected chi connectivity index (χ1v) is 8.76. The van der Waals surface area contributed by atoms with E-state index in [1.165, 1.54) is 25.3 Å². The van der Waals surface area contributed by atoms with E-state index in [2.05, 4.69) is 16.8 Å². The van der Waals surface area contributed by atoms with Gasteiger partial charge in [0, 0.05) is 12.6 Å². The minimum absolute atomic E-state index is 0.211. The Kier molecular flexibility index (Phi) is 5.13. The molecule has 6 heteroatoms. The third-order valence-electron chi connectivity index (χ3n) is 4.88. The molecule has 1 aromatic carbocycles. The maximum absolute atomic E-state index is 13.4. The molecule has 0 radical (unpaired) electrons. The molecule has 0 saturated carbocycles. The van der Waals surface area contributed by atoms with Gasteiger partial charge in [0.05, 0.1) is 22.9 Å². The van der Waals surface area contributed by atoms with Crippen LogP contribution in [0, 0.1) is 0 Å². The molecular weight excluding hydrogens is 315 g/mol. The minimum atomic E-state index is -4.36. The van der Waals surface area contributed by atoms with E-state index in [4.69, 9.17) is 0 Å². The number of hydrogen-bond donors (Lipinski definition) is 0. The third-order valence-corrected chi connectivity index (χ3v) is 4.88. The van der Waals surface area contributed by atoms with E-state index in [9.17, 15) is 13.2 Å². The van der Waals surface area contributed by atoms with Crippen molar-refractivity contribution in [1.29, 1.82) is 0 Å². The van der Waals surface area contributed by atoms with Gasteiger partial charge in [-0.05, 0) is 44.5 Å². The smallest absolute Gasteiger partial charge is 0.329 e. The van der Waals surface area contributed by atoms with E-state index in [1.54, 1.807) is 17.0 Å². The van der Waals surface area contributed by atoms with E-state index in [1.807, 2.05) is 0 Å². The molecule has 1 aromatic heterocycles. The Morgan fingerprint density at radius 2 is 1.92 bits per heavy atom. The van der Waals surface area contributed by atoms with E-state index in [0.717, 1.165) is 32.0 Å². The lowest BCUT2D eigenvalue weighted by Crippen LogP contribution is -2.41. The van der Waals surface area contributed by atoms with Crippen LogP contribution in [-0.4, -0.2) is 33.6 Å². The summed E-state index contributed by atoms with van der Waals surface area (Å²) >= 11 is 0. The van der Waals surface area contributed by atoms with Gasteiger partial charge in [0.25, 0.3) is 0 Å². The molecule has 0 N–H and O–H groups in total. The monoisotopic (exact) mass is 339 g/mol. The lowest BCUT2D eigenvalue weighted by Gasteiger charge is -2.35. The zero-order valence-corrected chi connectivity index (χ0v) is 14.0. The Balaban J connectivity index is 1.93. The highest BCUT2D eigenvalue weighted by Crippen LogP contribution is 2.34. The molecule has 1 atom stereocenters. The number of aromatic nitrogens is 2. The van der Waals surface area contributed by atoms with E-state index >= 15 is 0 Å². The van der Waals surface area contributed by atoms with Crippen molar-refractivity contribution in [2.75, 3.05) is 13.1 Å². The van der Waals surface area contributed by atoms with Crippen LogP contribution in [0.15, 0.2) is 24.5 Å². The van der Waals surface area contributed by atoms with Gasteiger partial charge < -0.3 is 4.57 Å². The fourth-order valence-electron chi connectivity index (χ4n) is 3.73. The molecule has 2 heterocycles. The summed E-state index contributed by atoms with van der Waals surface area (Å²) in [7, 11) is 0. The Morgan fingerprint density at radius 1 is 1.17 bits per heavy atom. The van der Waals surface area contributed by atoms with Gasteiger partial charge in [-0.15, -0.1) is 0 Å². The molecule has 0 aliphatic carbocycles. The van der Waals surface area contributed by atoms with Crippen molar-refractivity contribution in [3.63, 3.8) is 0 Å². The van der Waals surface area contributed by atoms with Crippen LogP contribution in [0.1, 0.15) is 44.6 Å². The average Bonchev–Trinajstić information content (AvgIpc) is 2.97. The maximum atomic E-state index is 13.4. The zero-order valence-electron chi connectivity index (χ0n) is 14.0. The summed E-state index contributed by atoms with van der Waals surface area (Å²) in [4.78, 5) is 6.64. The summed E-state index contributed by atoms with van der Waals surface area (Å²) < 4.78 is 41.8. The largest absolute Gasteiger partial charge is 0.418 e. The van der Waals surface area contributed by atoms with Crippen molar-refractivity contribution in [3.05, 3.63) is 30.1 Å². The van der Waals surface area contributed by atoms with Crippen molar-refractivity contribution < 1.29 is 13.2 Å². The number of imidazole rings is 1. The predicted molar refractivity (Wildman–Crippen MR) is 88.9 cm³/mol. The Morgan fingerprint density at radius 3 is 2.58 bits per heavy atom. The SMILES string of the molecule is CCCC(Cn1cnc2cccc(C(F)(F)F)c21)N1CCCCC1. The van der Waals surface area contributed by atoms with Crippen LogP contribution in [0.25, 0.3) is 11.0 Å². The first-order valence-electron chi connectivity index (χ1n) is 8.76. The molecule has 132 valence electrons. The fraction of sp³-hybridized carbons (Fsp3) is 0.611. The molecular formula is C18H24F3N3. The number of hydrogen-bond acceptors (Lipinski definition) is 2. The molecule has 1 unspecified atom stereocenters. The Bertz CT molecular complexity index is 672. The van der Waals surface area contributed by atoms with Gasteiger partial charge in [-0.3, -0.25) is 4.90 Å². The van der Waals surface area contributed by atoms with Crippen LogP contribution < -0.4 is 0 Å². The third kappa shape index (κ3) is 3.58. The van der Waals surface area contributed by atoms with Crippen molar-refractivity contribution in [2.45, 2.75) is 57.8 Å². The highest BCUT2D eigenvalue weighted by atomic mass is 19.4. The summed E-state index contributed by atoms with van der Waals surface area (Å²) in [6.45, 7) is 4.79. The van der Waals surface area contributed by atoms with Crippen LogP contribution in [0.4, 0.5) is 13.2 Å². The number of halogens is 3. The van der Waals surface area contributed by atoms with Gasteiger partial charge in [-0.25, -0.2) is 4.98 Å². The number of fused-ring (bicyclic) bond motifs is 1. The molecule has 1 aliphatic heterocycles. The number of likely N-dealkylation sites (tertiary alicyclic amines) is 1. The van der Waals surface area contributed by atoms with Gasteiger partial charge >= 0.3 is 6.18 Å². The lowest BCUT2D eigenvalue weighted by molar-refractivity contribution is -0.136. The second-order valence-corrected chi connectivity index (χ2v) is 6.61. The first-order chi connectivity index (χ1) is 11.5. The van der Waals surface area contributed by atoms with Gasteiger partial charge in [0.2, 0.25) is 0 Å². The number of alkyl halides is 3. The quantitative estimate of drug-likeness (QED) is 0.787. The Hall–Kier alpha value is -1.56. The van der Waals surface area contributed by atoms with Crippen LogP contribution >= 0.6 is 0 Å². The van der Waals surface area contributed by atoms with E-state index in [-0.39, 0.29) is 11.6 Å². The number of benzene rings is 1. The summed E-state index contributed by atoms with van der Waals surface area (Å²) in [5, 5.41) is 0. The molecule has 0 bridgehead atoms. The second kappa shape index (κ2) is 7.13. The van der Waals surface area contributed by atoms with Crippen molar-refractivity contribution in [1.82, 2.24) is 14.5 Å². The fourth-order valence-corrected chi connectivity index (χ4v) is 3.73. The Labute approximate surface area is 140 Å². The number of nitrogens with zero attached hydrogens (tertiary/aromatic N) is 3. The van der Waals surface area contributed by atoms with Crippen LogP contribution in [0.5, 0.6) is 0 Å². The number of rotatable bonds is 5. The van der Waals surface area contributed by atoms with Crippen molar-refractivity contribution in [3.8, 4) is 0 Å². The number of para-hydroxylation sites is 1. The zero-order chi connectivity index (χ0) is 17.2. The van der Waals surface area contributed by atoms with Crippen LogP contribution in [-0.2, 0) is 12.7 Å². The standard InChI is InChI=1S/C18H24F3N3/c1-2-7-14(23-10-4-3-5-11-23)12-24-13-22-16-9-6-8-15(17(16)24)18(19,20)21/h6,8-9,13-14H,2-5,7,10-12H2,1H3. The summed E-state index contributed by atoms with van der Waals surface area (Å²) in [6.07, 6.45) is 2.84. The molecule has 2 aromatic rings. The average molecular weight is 339 g/mol. The summed E-state index contributed by atoms with van der Waals surface area (Å²) in [5.74, 6) is 0. The lowest BCUT2D eigenvalue weighted by atomic mass is 10.0. The maximum Gasteiger partial charge on any atom is 0.418 e. The summed E-state index contributed by atoms with van der Waals surface area (Å²) in [5.41, 5.74) is 0.0354. The van der Waals surface area contributed by atoms with Crippen molar-refractivity contribution >= 4 is 11.0 Å². The number of piperidine rings is 1. The molecule has 3 rings (SSSR count). The molecule has 0 amide bonds. The molecule has 1 fully saturated rings. The molecule has 1 aliphatic rings. The van der Waals surface area contributed by atoms with Crippen LogP contribution in [0.2, 0.25) is 0 Å². The van der Waals surface area contributed by atoms with Gasteiger partial charge in [-0.1, -0.05) is 25.8 Å². The molecule has 0 spiro atoms. The molecule has 3 nitrogen and oxygen atoms in total. The first kappa shape index (κ1) is 17.3. The van der Waals surface area contributed by atoms with Crippen molar-refractivity contribution in [2.24, 2.45) is 0 Å². The highest BCUT2D eigenvalue weighted by molar-refractivity contribution is 5.79. The minimum Gasteiger partial charge on any atom is -0.329 e. The van der Waals surface area contributed by atoms with Gasteiger partial charge in [0.1, 0.15) is 0 Å². The molecule has 1 saturated heterocycles. The van der Waals surface area contributed by atoms with Gasteiger partial charge in [-0.2, -0.15) is 13.2 Å².